The fourth-order valence-corrected chi connectivity index (χ4v) is 0.607. The molecule has 1 fully saturated rings. The van der Waals surface area contributed by atoms with Gasteiger partial charge in [0.15, 0.2) is 0 Å². The van der Waals surface area contributed by atoms with Gasteiger partial charge in [0.25, 0.3) is 0 Å². The van der Waals surface area contributed by atoms with Gasteiger partial charge < -0.3 is 9.64 Å². The van der Waals surface area contributed by atoms with Crippen LogP contribution < -0.4 is 0 Å². The Bertz CT molecular complexity index is 120. The van der Waals surface area contributed by atoms with E-state index in [-0.39, 0.29) is 5.91 Å². The first-order valence-electron chi connectivity index (χ1n) is 3.03. The largest absolute Gasteiger partial charge is 0.371 e. The minimum Gasteiger partial charge on any atom is -0.371 e. The fourth-order valence-electron chi connectivity index (χ4n) is 0.607. The van der Waals surface area contributed by atoms with Crippen molar-refractivity contribution in [2.45, 2.75) is 13.0 Å². The highest BCUT2D eigenvalue weighted by Gasteiger charge is 2.24. The molecule has 1 atom stereocenters. The minimum atomic E-state index is 0.102. The maximum atomic E-state index is 10.6. The van der Waals surface area contributed by atoms with E-state index in [1.807, 2.05) is 0 Å². The Labute approximate surface area is 54.6 Å². The number of rotatable bonds is 2. The van der Waals surface area contributed by atoms with Crippen LogP contribution in [-0.2, 0) is 9.53 Å². The molecule has 0 aromatic carbocycles. The average molecular weight is 129 g/mol. The molecule has 0 aromatic rings. The molecule has 1 rings (SSSR count). The summed E-state index contributed by atoms with van der Waals surface area (Å²) in [5, 5.41) is 0. The number of hydrogen-bond donors (Lipinski definition) is 0. The minimum absolute atomic E-state index is 0.102. The van der Waals surface area contributed by atoms with E-state index in [1.54, 1.807) is 18.9 Å². The number of ether oxygens (including phenoxy) is 1. The molecular weight excluding hydrogens is 118 g/mol. The third-order valence-corrected chi connectivity index (χ3v) is 1.42. The van der Waals surface area contributed by atoms with Crippen molar-refractivity contribution in [1.82, 2.24) is 4.90 Å². The fraction of sp³-hybridized carbons (Fsp3) is 0.833. The van der Waals surface area contributed by atoms with Gasteiger partial charge in [0.2, 0.25) is 5.91 Å². The highest BCUT2D eigenvalue weighted by atomic mass is 16.6. The van der Waals surface area contributed by atoms with Gasteiger partial charge in [-0.2, -0.15) is 0 Å². The van der Waals surface area contributed by atoms with Crippen LogP contribution in [0.5, 0.6) is 0 Å². The van der Waals surface area contributed by atoms with E-state index in [9.17, 15) is 4.79 Å². The molecule has 1 aliphatic rings. The molecule has 3 heteroatoms. The molecular formula is C6H11NO2. The molecule has 1 amide bonds. The van der Waals surface area contributed by atoms with E-state index in [1.165, 1.54) is 0 Å². The van der Waals surface area contributed by atoms with Gasteiger partial charge in [0, 0.05) is 20.5 Å². The maximum Gasteiger partial charge on any atom is 0.219 e. The SMILES string of the molecule is CC(=O)N(C)C[C@H]1CO1. The number of nitrogens with zero attached hydrogens (tertiary/aromatic N) is 1. The summed E-state index contributed by atoms with van der Waals surface area (Å²) in [6.07, 6.45) is 0.318. The summed E-state index contributed by atoms with van der Waals surface area (Å²) in [5.74, 6) is 0.102. The van der Waals surface area contributed by atoms with Crippen molar-refractivity contribution in [2.75, 3.05) is 20.2 Å². The number of epoxide rings is 1. The number of amides is 1. The van der Waals surface area contributed by atoms with Crippen LogP contribution in [0.15, 0.2) is 0 Å². The van der Waals surface area contributed by atoms with E-state index < -0.39 is 0 Å². The van der Waals surface area contributed by atoms with Crippen molar-refractivity contribution < 1.29 is 9.53 Å². The lowest BCUT2D eigenvalue weighted by atomic mass is 10.4. The van der Waals surface area contributed by atoms with Gasteiger partial charge in [0.1, 0.15) is 0 Å². The molecule has 52 valence electrons. The van der Waals surface area contributed by atoms with E-state index in [0.29, 0.717) is 6.10 Å². The number of hydrogen-bond acceptors (Lipinski definition) is 2. The Morgan fingerprint density at radius 3 is 2.78 bits per heavy atom. The number of likely N-dealkylation sites (N-methyl/N-ethyl adjacent to an activating group) is 1. The van der Waals surface area contributed by atoms with Crippen molar-refractivity contribution >= 4 is 5.91 Å². The lowest BCUT2D eigenvalue weighted by molar-refractivity contribution is -0.127. The molecule has 0 spiro atoms. The predicted octanol–water partition coefficient (Wildman–Crippen LogP) is -0.137. The van der Waals surface area contributed by atoms with E-state index in [2.05, 4.69) is 0 Å². The molecule has 0 saturated carbocycles. The van der Waals surface area contributed by atoms with Gasteiger partial charge in [-0.1, -0.05) is 0 Å². The first kappa shape index (κ1) is 6.55. The Hall–Kier alpha value is -0.570. The highest BCUT2D eigenvalue weighted by molar-refractivity contribution is 5.72. The number of carbonyl (C=O) groups excluding carboxylic acids is 1. The van der Waals surface area contributed by atoms with Gasteiger partial charge in [0.05, 0.1) is 12.7 Å². The molecule has 0 bridgehead atoms. The van der Waals surface area contributed by atoms with Gasteiger partial charge >= 0.3 is 0 Å². The van der Waals surface area contributed by atoms with Crippen LogP contribution in [0.4, 0.5) is 0 Å². The first-order chi connectivity index (χ1) is 4.20. The van der Waals surface area contributed by atoms with Gasteiger partial charge in [-0.25, -0.2) is 0 Å². The van der Waals surface area contributed by atoms with Gasteiger partial charge in [-0.15, -0.1) is 0 Å². The van der Waals surface area contributed by atoms with E-state index >= 15 is 0 Å². The second kappa shape index (κ2) is 2.35. The normalized spacial score (nSPS) is 23.6. The Morgan fingerprint density at radius 1 is 1.89 bits per heavy atom. The molecule has 0 unspecified atom stereocenters. The average Bonchev–Trinajstić information content (AvgIpc) is 2.50. The lowest BCUT2D eigenvalue weighted by Crippen LogP contribution is -2.27. The summed E-state index contributed by atoms with van der Waals surface area (Å²) in [6, 6.07) is 0. The summed E-state index contributed by atoms with van der Waals surface area (Å²) >= 11 is 0. The van der Waals surface area contributed by atoms with Crippen LogP contribution in [-0.4, -0.2) is 37.1 Å². The molecule has 1 aliphatic heterocycles. The van der Waals surface area contributed by atoms with Gasteiger partial charge in [-0.05, 0) is 0 Å². The predicted molar refractivity (Wildman–Crippen MR) is 33.1 cm³/mol. The molecule has 1 saturated heterocycles. The summed E-state index contributed by atoms with van der Waals surface area (Å²) in [6.45, 7) is 3.12. The smallest absolute Gasteiger partial charge is 0.219 e. The quantitative estimate of drug-likeness (QED) is 0.486. The van der Waals surface area contributed by atoms with Crippen molar-refractivity contribution in [3.05, 3.63) is 0 Å². The van der Waals surface area contributed by atoms with Crippen molar-refractivity contribution in [1.29, 1.82) is 0 Å². The summed E-state index contributed by atoms with van der Waals surface area (Å²) in [4.78, 5) is 12.2. The third kappa shape index (κ3) is 2.01. The molecule has 0 aliphatic carbocycles. The topological polar surface area (TPSA) is 32.8 Å². The second-order valence-electron chi connectivity index (χ2n) is 2.35. The molecule has 3 nitrogen and oxygen atoms in total. The van der Waals surface area contributed by atoms with E-state index in [4.69, 9.17) is 4.74 Å². The second-order valence-corrected chi connectivity index (χ2v) is 2.35. The molecule has 0 aromatic heterocycles. The summed E-state index contributed by atoms with van der Waals surface area (Å²) in [7, 11) is 1.78. The Kier molecular flexibility index (Phi) is 1.71. The number of carbonyl (C=O) groups is 1. The van der Waals surface area contributed by atoms with Crippen molar-refractivity contribution in [3.8, 4) is 0 Å². The molecule has 9 heavy (non-hydrogen) atoms. The van der Waals surface area contributed by atoms with Crippen LogP contribution in [0.1, 0.15) is 6.92 Å². The van der Waals surface area contributed by atoms with Crippen LogP contribution in [0, 0.1) is 0 Å². The summed E-state index contributed by atoms with van der Waals surface area (Å²) in [5.41, 5.74) is 0. The van der Waals surface area contributed by atoms with Crippen molar-refractivity contribution in [3.63, 3.8) is 0 Å². The maximum absolute atomic E-state index is 10.6. The zero-order chi connectivity index (χ0) is 6.85. The zero-order valence-corrected chi connectivity index (χ0v) is 5.76. The molecule has 1 heterocycles. The monoisotopic (exact) mass is 129 g/mol. The standard InChI is InChI=1S/C6H11NO2/c1-5(8)7(2)3-6-4-9-6/h6H,3-4H2,1-2H3/t6-/m0/s1. The Morgan fingerprint density at radius 2 is 2.44 bits per heavy atom. The van der Waals surface area contributed by atoms with Crippen LogP contribution in [0.2, 0.25) is 0 Å². The first-order valence-corrected chi connectivity index (χ1v) is 3.03. The van der Waals surface area contributed by atoms with E-state index in [0.717, 1.165) is 13.2 Å². The Balaban J connectivity index is 2.16. The zero-order valence-electron chi connectivity index (χ0n) is 5.76. The van der Waals surface area contributed by atoms with Gasteiger partial charge in [-0.3, -0.25) is 4.79 Å². The summed E-state index contributed by atoms with van der Waals surface area (Å²) < 4.78 is 4.94. The van der Waals surface area contributed by atoms with Crippen LogP contribution >= 0.6 is 0 Å². The molecule has 0 N–H and O–H groups in total. The van der Waals surface area contributed by atoms with Crippen LogP contribution in [0.25, 0.3) is 0 Å². The van der Waals surface area contributed by atoms with Crippen molar-refractivity contribution in [2.24, 2.45) is 0 Å². The third-order valence-electron chi connectivity index (χ3n) is 1.42. The lowest BCUT2D eigenvalue weighted by Gasteiger charge is -2.11. The highest BCUT2D eigenvalue weighted by Crippen LogP contribution is 2.09. The van der Waals surface area contributed by atoms with Crippen LogP contribution in [0.3, 0.4) is 0 Å². The molecule has 0 radical (unpaired) electrons.